The summed E-state index contributed by atoms with van der Waals surface area (Å²) < 4.78 is 20.0. The number of hydrogen-bond acceptors (Lipinski definition) is 3. The van der Waals surface area contributed by atoms with Crippen molar-refractivity contribution in [1.29, 1.82) is 0 Å². The first-order valence-electron chi connectivity index (χ1n) is 11.2. The van der Waals surface area contributed by atoms with Gasteiger partial charge in [-0.1, -0.05) is 6.07 Å². The van der Waals surface area contributed by atoms with Gasteiger partial charge in [0.2, 0.25) is 0 Å². The monoisotopic (exact) mass is 532 g/mol. The fourth-order valence-corrected chi connectivity index (χ4v) is 3.71. The van der Waals surface area contributed by atoms with Crippen LogP contribution in [0, 0.1) is 17.7 Å². The van der Waals surface area contributed by atoms with Gasteiger partial charge in [0.15, 0.2) is 17.5 Å². The highest BCUT2D eigenvalue weighted by molar-refractivity contribution is 14.0. The second-order valence-electron chi connectivity index (χ2n) is 8.61. The molecule has 0 radical (unpaired) electrons. The summed E-state index contributed by atoms with van der Waals surface area (Å²) in [7, 11) is 2.19. The topological polar surface area (TPSA) is 48.9 Å². The van der Waals surface area contributed by atoms with Crippen LogP contribution in [0.15, 0.2) is 23.2 Å². The van der Waals surface area contributed by atoms with Crippen LogP contribution >= 0.6 is 24.0 Å². The maximum absolute atomic E-state index is 14.4. The molecule has 1 atom stereocenters. The first-order valence-corrected chi connectivity index (χ1v) is 11.2. The average molecular weight is 532 g/mol. The Kier molecular flexibility index (Phi) is 10.6. The molecule has 30 heavy (non-hydrogen) atoms. The van der Waals surface area contributed by atoms with Crippen molar-refractivity contribution in [2.24, 2.45) is 16.8 Å². The number of nitrogens with one attached hydrogen (secondary N) is 2. The predicted octanol–water partition coefficient (Wildman–Crippen LogP) is 4.58. The van der Waals surface area contributed by atoms with E-state index in [-0.39, 0.29) is 35.8 Å². The molecule has 1 unspecified atom stereocenters. The van der Waals surface area contributed by atoms with Gasteiger partial charge in [0.25, 0.3) is 0 Å². The predicted molar refractivity (Wildman–Crippen MR) is 132 cm³/mol. The van der Waals surface area contributed by atoms with E-state index in [0.29, 0.717) is 18.3 Å². The summed E-state index contributed by atoms with van der Waals surface area (Å²) in [5.41, 5.74) is 0.891. The minimum Gasteiger partial charge on any atom is -0.490 e. The number of rotatable bonds is 9. The number of benzene rings is 1. The molecule has 170 valence electrons. The first kappa shape index (κ1) is 25.2. The number of piperidine rings is 1. The van der Waals surface area contributed by atoms with Gasteiger partial charge in [-0.05, 0) is 95.6 Å². The summed E-state index contributed by atoms with van der Waals surface area (Å²) in [6, 6.07) is 5.21. The molecule has 0 spiro atoms. The Morgan fingerprint density at radius 3 is 2.60 bits per heavy atom. The van der Waals surface area contributed by atoms with E-state index >= 15 is 0 Å². The smallest absolute Gasteiger partial charge is 0.191 e. The Morgan fingerprint density at radius 1 is 1.23 bits per heavy atom. The maximum Gasteiger partial charge on any atom is 0.191 e. The Labute approximate surface area is 198 Å². The Balaban J connectivity index is 0.00000320. The van der Waals surface area contributed by atoms with Gasteiger partial charge in [-0.25, -0.2) is 4.39 Å². The van der Waals surface area contributed by atoms with Crippen LogP contribution in [0.3, 0.4) is 0 Å². The lowest BCUT2D eigenvalue weighted by Crippen LogP contribution is -2.39. The quantitative estimate of drug-likeness (QED) is 0.278. The van der Waals surface area contributed by atoms with Crippen molar-refractivity contribution in [3.63, 3.8) is 0 Å². The van der Waals surface area contributed by atoms with Gasteiger partial charge in [0.05, 0.1) is 12.6 Å². The number of likely N-dealkylation sites (tertiary alicyclic amines) is 1. The van der Waals surface area contributed by atoms with Gasteiger partial charge in [-0.3, -0.25) is 4.99 Å². The zero-order valence-electron chi connectivity index (χ0n) is 18.6. The zero-order chi connectivity index (χ0) is 20.6. The highest BCUT2D eigenvalue weighted by atomic mass is 127. The van der Waals surface area contributed by atoms with E-state index in [9.17, 15) is 4.39 Å². The number of ether oxygens (including phenoxy) is 1. The fraction of sp³-hybridized carbons (Fsp3) is 0.696. The Bertz CT molecular complexity index is 675. The van der Waals surface area contributed by atoms with Crippen molar-refractivity contribution in [2.45, 2.75) is 52.0 Å². The molecule has 1 aromatic rings. The summed E-state index contributed by atoms with van der Waals surface area (Å²) in [5.74, 6) is 2.24. The molecule has 1 aliphatic heterocycles. The molecular formula is C23H38FIN4O. The molecule has 1 saturated carbocycles. The van der Waals surface area contributed by atoms with Crippen LogP contribution in [0.2, 0.25) is 0 Å². The zero-order valence-corrected chi connectivity index (χ0v) is 21.0. The van der Waals surface area contributed by atoms with E-state index in [2.05, 4.69) is 29.5 Å². The number of hydrogen-bond donors (Lipinski definition) is 2. The number of halogens is 2. The first-order chi connectivity index (χ1) is 14.0. The van der Waals surface area contributed by atoms with Crippen LogP contribution in [0.5, 0.6) is 5.75 Å². The fourth-order valence-electron chi connectivity index (χ4n) is 3.71. The third kappa shape index (κ3) is 8.21. The SMILES string of the molecule is CCNC(=NCCC1CCN(C)CC1)NC(C)c1ccc(OCC2CC2)c(F)c1.I. The van der Waals surface area contributed by atoms with Crippen LogP contribution in [0.1, 0.15) is 57.6 Å². The summed E-state index contributed by atoms with van der Waals surface area (Å²) in [5, 5.41) is 6.72. The van der Waals surface area contributed by atoms with Crippen LogP contribution in [0.4, 0.5) is 4.39 Å². The second-order valence-corrected chi connectivity index (χ2v) is 8.61. The summed E-state index contributed by atoms with van der Waals surface area (Å²) in [6.45, 7) is 8.71. The van der Waals surface area contributed by atoms with Gasteiger partial charge in [-0.15, -0.1) is 24.0 Å². The van der Waals surface area contributed by atoms with Crippen molar-refractivity contribution in [3.05, 3.63) is 29.6 Å². The molecule has 2 aliphatic rings. The molecular weight excluding hydrogens is 494 g/mol. The number of guanidine groups is 1. The summed E-state index contributed by atoms with van der Waals surface area (Å²) in [4.78, 5) is 7.15. The number of nitrogens with zero attached hydrogens (tertiary/aromatic N) is 2. The normalized spacial score (nSPS) is 19.1. The molecule has 5 nitrogen and oxygen atoms in total. The minimum atomic E-state index is -0.291. The van der Waals surface area contributed by atoms with Gasteiger partial charge >= 0.3 is 0 Å². The van der Waals surface area contributed by atoms with Crippen molar-refractivity contribution in [3.8, 4) is 5.75 Å². The standard InChI is InChI=1S/C23H37FN4O.HI/c1-4-25-23(26-12-9-18-10-13-28(3)14-11-18)27-17(2)20-7-8-22(21(24)15-20)29-16-19-5-6-19;/h7-8,15,17-19H,4-6,9-14,16H2,1-3H3,(H2,25,26,27);1H. The lowest BCUT2D eigenvalue weighted by Gasteiger charge is -2.28. The Morgan fingerprint density at radius 2 is 1.97 bits per heavy atom. The molecule has 0 aromatic heterocycles. The van der Waals surface area contributed by atoms with E-state index in [1.807, 2.05) is 13.0 Å². The van der Waals surface area contributed by atoms with Crippen LogP contribution in [0.25, 0.3) is 0 Å². The van der Waals surface area contributed by atoms with E-state index < -0.39 is 0 Å². The van der Waals surface area contributed by atoms with E-state index in [1.165, 1.54) is 38.8 Å². The average Bonchev–Trinajstić information content (AvgIpc) is 3.53. The lowest BCUT2D eigenvalue weighted by molar-refractivity contribution is 0.214. The molecule has 3 rings (SSSR count). The van der Waals surface area contributed by atoms with E-state index in [1.54, 1.807) is 12.1 Å². The van der Waals surface area contributed by atoms with Crippen LogP contribution in [-0.2, 0) is 0 Å². The van der Waals surface area contributed by atoms with Crippen molar-refractivity contribution < 1.29 is 9.13 Å². The van der Waals surface area contributed by atoms with Gasteiger partial charge in [0, 0.05) is 13.1 Å². The minimum absolute atomic E-state index is 0. The van der Waals surface area contributed by atoms with Crippen LogP contribution in [-0.4, -0.2) is 50.7 Å². The van der Waals surface area contributed by atoms with Crippen molar-refractivity contribution in [2.75, 3.05) is 39.8 Å². The van der Waals surface area contributed by atoms with Crippen LogP contribution < -0.4 is 15.4 Å². The van der Waals surface area contributed by atoms with Gasteiger partial charge in [0.1, 0.15) is 0 Å². The molecule has 1 aromatic carbocycles. The molecule has 2 N–H and O–H groups in total. The highest BCUT2D eigenvalue weighted by Crippen LogP contribution is 2.30. The van der Waals surface area contributed by atoms with Gasteiger partial charge < -0.3 is 20.3 Å². The van der Waals surface area contributed by atoms with Crippen molar-refractivity contribution in [1.82, 2.24) is 15.5 Å². The lowest BCUT2D eigenvalue weighted by atomic mass is 9.94. The van der Waals surface area contributed by atoms with Crippen molar-refractivity contribution >= 4 is 29.9 Å². The molecule has 1 saturated heterocycles. The Hall–Kier alpha value is -1.09. The molecule has 1 aliphatic carbocycles. The van der Waals surface area contributed by atoms with E-state index in [4.69, 9.17) is 9.73 Å². The summed E-state index contributed by atoms with van der Waals surface area (Å²) >= 11 is 0. The summed E-state index contributed by atoms with van der Waals surface area (Å²) in [6.07, 6.45) is 6.05. The molecule has 7 heteroatoms. The molecule has 1 heterocycles. The molecule has 2 fully saturated rings. The number of aliphatic imine (C=N–C) groups is 1. The highest BCUT2D eigenvalue weighted by Gasteiger charge is 2.22. The third-order valence-corrected chi connectivity index (χ3v) is 5.97. The van der Waals surface area contributed by atoms with Gasteiger partial charge in [-0.2, -0.15) is 0 Å². The largest absolute Gasteiger partial charge is 0.490 e. The molecule has 0 amide bonds. The molecule has 0 bridgehead atoms. The maximum atomic E-state index is 14.4. The second kappa shape index (κ2) is 12.7. The third-order valence-electron chi connectivity index (χ3n) is 5.97. The van der Waals surface area contributed by atoms with E-state index in [0.717, 1.165) is 37.0 Å².